The van der Waals surface area contributed by atoms with Crippen molar-refractivity contribution in [1.82, 2.24) is 10.6 Å². The SMILES string of the molecule is CCOC(=O)c1ccc(OC(=O)[C@H](Cc2ccccc2)NC(=O)C2CC(Cl)C3(CCCCC3NC)C(Cl)C2O)cc1.Cl. The maximum atomic E-state index is 13.6. The molecule has 2 aromatic carbocycles. The quantitative estimate of drug-likeness (QED) is 0.207. The lowest BCUT2D eigenvalue weighted by atomic mass is 9.59. The van der Waals surface area contributed by atoms with Crippen LogP contribution in [-0.4, -0.2) is 65.5 Å². The van der Waals surface area contributed by atoms with E-state index in [0.29, 0.717) is 5.56 Å². The van der Waals surface area contributed by atoms with E-state index in [2.05, 4.69) is 10.6 Å². The van der Waals surface area contributed by atoms with E-state index in [0.717, 1.165) is 31.2 Å². The van der Waals surface area contributed by atoms with Gasteiger partial charge in [0.25, 0.3) is 0 Å². The molecule has 2 saturated carbocycles. The highest BCUT2D eigenvalue weighted by Crippen LogP contribution is 2.53. The number of carbonyl (C=O) groups excluding carboxylic acids is 3. The maximum Gasteiger partial charge on any atom is 0.338 e. The van der Waals surface area contributed by atoms with Gasteiger partial charge in [0.15, 0.2) is 0 Å². The molecule has 1 spiro atoms. The molecule has 3 N–H and O–H groups in total. The van der Waals surface area contributed by atoms with Gasteiger partial charge in [-0.3, -0.25) is 4.79 Å². The number of nitrogens with one attached hydrogen (secondary N) is 2. The number of benzene rings is 2. The Morgan fingerprint density at radius 1 is 1.07 bits per heavy atom. The summed E-state index contributed by atoms with van der Waals surface area (Å²) in [6.45, 7) is 1.97. The van der Waals surface area contributed by atoms with Crippen LogP contribution in [-0.2, 0) is 20.7 Å². The van der Waals surface area contributed by atoms with E-state index in [-0.39, 0.29) is 43.6 Å². The molecule has 2 aromatic rings. The molecule has 0 saturated heterocycles. The summed E-state index contributed by atoms with van der Waals surface area (Å²) < 4.78 is 10.6. The number of carbonyl (C=O) groups is 3. The summed E-state index contributed by atoms with van der Waals surface area (Å²) in [6.07, 6.45) is 2.95. The molecule has 2 aliphatic carbocycles. The van der Waals surface area contributed by atoms with E-state index in [1.165, 1.54) is 24.3 Å². The van der Waals surface area contributed by atoms with Crippen LogP contribution < -0.4 is 15.4 Å². The van der Waals surface area contributed by atoms with Crippen LogP contribution in [0.15, 0.2) is 54.6 Å². The van der Waals surface area contributed by atoms with E-state index in [1.807, 2.05) is 37.4 Å². The van der Waals surface area contributed by atoms with E-state index in [1.54, 1.807) is 6.92 Å². The zero-order chi connectivity index (χ0) is 29.6. The summed E-state index contributed by atoms with van der Waals surface area (Å²) in [7, 11) is 1.88. The molecule has 7 atom stereocenters. The molecule has 4 rings (SSSR count). The number of hydrogen-bond acceptors (Lipinski definition) is 7. The molecule has 0 radical (unpaired) electrons. The fraction of sp³-hybridized carbons (Fsp3) is 0.516. The standard InChI is InChI=1S/C31H38Cl2N2O6.ClH/c1-3-40-29(38)20-12-14-21(15-13-20)41-30(39)23(17-19-9-5-4-6-10-19)35-28(37)22-18-24(32)31(27(33)26(22)36)16-8-7-11-25(31)34-2;/h4-6,9-10,12-15,22-27,34,36H,3,7-8,11,16-18H2,1-2H3,(H,35,37);1H/t22?,23-,24?,25?,26?,27?,31?;/m0./s1. The third-order valence-corrected chi connectivity index (χ3v) is 9.67. The zero-order valence-corrected chi connectivity index (χ0v) is 26.1. The molecule has 0 heterocycles. The summed E-state index contributed by atoms with van der Waals surface area (Å²) in [5.74, 6) is -2.33. The van der Waals surface area contributed by atoms with Gasteiger partial charge in [-0.2, -0.15) is 0 Å². The highest BCUT2D eigenvalue weighted by Gasteiger charge is 2.58. The van der Waals surface area contributed by atoms with Gasteiger partial charge in [-0.05, 0) is 63.1 Å². The van der Waals surface area contributed by atoms with Gasteiger partial charge in [-0.15, -0.1) is 35.6 Å². The minimum Gasteiger partial charge on any atom is -0.462 e. The number of amides is 1. The van der Waals surface area contributed by atoms with Crippen LogP contribution in [0.3, 0.4) is 0 Å². The molecule has 0 bridgehead atoms. The van der Waals surface area contributed by atoms with Crippen LogP contribution in [0.2, 0.25) is 0 Å². The van der Waals surface area contributed by atoms with Crippen molar-refractivity contribution in [2.45, 2.75) is 74.4 Å². The molecule has 42 heavy (non-hydrogen) atoms. The first kappa shape index (κ1) is 34.1. The van der Waals surface area contributed by atoms with Crippen molar-refractivity contribution in [2.75, 3.05) is 13.7 Å². The van der Waals surface area contributed by atoms with E-state index >= 15 is 0 Å². The Morgan fingerprint density at radius 2 is 1.76 bits per heavy atom. The number of alkyl halides is 2. The molecule has 6 unspecified atom stereocenters. The number of hydrogen-bond donors (Lipinski definition) is 3. The number of rotatable bonds is 9. The number of halogens is 3. The minimum atomic E-state index is -1.13. The lowest BCUT2D eigenvalue weighted by molar-refractivity contribution is -0.142. The summed E-state index contributed by atoms with van der Waals surface area (Å²) in [6, 6.07) is 14.2. The molecule has 230 valence electrons. The van der Waals surface area contributed by atoms with Crippen LogP contribution in [0.25, 0.3) is 0 Å². The van der Waals surface area contributed by atoms with Gasteiger partial charge < -0.3 is 25.2 Å². The molecule has 0 aliphatic heterocycles. The monoisotopic (exact) mass is 640 g/mol. The Bertz CT molecular complexity index is 1200. The van der Waals surface area contributed by atoms with Crippen molar-refractivity contribution in [3.8, 4) is 5.75 Å². The Morgan fingerprint density at radius 3 is 2.40 bits per heavy atom. The Balaban J connectivity index is 0.00000484. The van der Waals surface area contributed by atoms with Gasteiger partial charge in [-0.1, -0.05) is 43.2 Å². The first-order chi connectivity index (χ1) is 19.7. The van der Waals surface area contributed by atoms with Gasteiger partial charge in [0.05, 0.1) is 29.6 Å². The molecule has 1 amide bonds. The largest absolute Gasteiger partial charge is 0.462 e. The third-order valence-electron chi connectivity index (χ3n) is 8.42. The Labute approximate surface area is 263 Å². The highest BCUT2D eigenvalue weighted by molar-refractivity contribution is 6.25. The lowest BCUT2D eigenvalue weighted by Crippen LogP contribution is -2.65. The fourth-order valence-corrected chi connectivity index (χ4v) is 7.50. The van der Waals surface area contributed by atoms with Crippen molar-refractivity contribution < 1.29 is 29.0 Å². The van der Waals surface area contributed by atoms with Crippen molar-refractivity contribution in [3.63, 3.8) is 0 Å². The molecular formula is C31H39Cl3N2O6. The topological polar surface area (TPSA) is 114 Å². The second-order valence-electron chi connectivity index (χ2n) is 10.8. The predicted molar refractivity (Wildman–Crippen MR) is 165 cm³/mol. The van der Waals surface area contributed by atoms with E-state index < -0.39 is 52.1 Å². The number of aliphatic hydroxyl groups is 1. The van der Waals surface area contributed by atoms with Crippen LogP contribution in [0.1, 0.15) is 54.9 Å². The second kappa shape index (κ2) is 15.4. The van der Waals surface area contributed by atoms with Gasteiger partial charge in [0.1, 0.15) is 11.8 Å². The first-order valence-corrected chi connectivity index (χ1v) is 15.0. The summed E-state index contributed by atoms with van der Waals surface area (Å²) in [4.78, 5) is 38.9. The third kappa shape index (κ3) is 7.40. The molecule has 2 aliphatic rings. The summed E-state index contributed by atoms with van der Waals surface area (Å²) in [5, 5.41) is 16.3. The molecule has 0 aromatic heterocycles. The van der Waals surface area contributed by atoms with Crippen molar-refractivity contribution in [2.24, 2.45) is 11.3 Å². The molecule has 8 nitrogen and oxygen atoms in total. The number of esters is 2. The van der Waals surface area contributed by atoms with Crippen LogP contribution in [0.4, 0.5) is 0 Å². The summed E-state index contributed by atoms with van der Waals surface area (Å²) >= 11 is 13.9. The Hall–Kier alpha value is -2.36. The van der Waals surface area contributed by atoms with Crippen LogP contribution in [0.5, 0.6) is 5.75 Å². The second-order valence-corrected chi connectivity index (χ2v) is 11.8. The molecule has 11 heteroatoms. The van der Waals surface area contributed by atoms with Crippen molar-refractivity contribution in [3.05, 3.63) is 65.7 Å². The van der Waals surface area contributed by atoms with E-state index in [4.69, 9.17) is 32.7 Å². The lowest BCUT2D eigenvalue weighted by Gasteiger charge is -2.55. The van der Waals surface area contributed by atoms with Gasteiger partial charge in [0.2, 0.25) is 5.91 Å². The smallest absolute Gasteiger partial charge is 0.338 e. The fourth-order valence-electron chi connectivity index (χ4n) is 6.26. The summed E-state index contributed by atoms with van der Waals surface area (Å²) in [5.41, 5.74) is 0.611. The normalized spacial score (nSPS) is 27.8. The van der Waals surface area contributed by atoms with Gasteiger partial charge >= 0.3 is 11.9 Å². The van der Waals surface area contributed by atoms with Crippen molar-refractivity contribution >= 4 is 53.5 Å². The van der Waals surface area contributed by atoms with Gasteiger partial charge in [0, 0.05) is 23.3 Å². The molecular weight excluding hydrogens is 603 g/mol. The van der Waals surface area contributed by atoms with Crippen molar-refractivity contribution in [1.29, 1.82) is 0 Å². The first-order valence-electron chi connectivity index (χ1n) is 14.2. The number of aliphatic hydroxyl groups excluding tert-OH is 1. The van der Waals surface area contributed by atoms with Crippen LogP contribution >= 0.6 is 35.6 Å². The Kier molecular flexibility index (Phi) is 12.5. The van der Waals surface area contributed by atoms with Gasteiger partial charge in [-0.25, -0.2) is 9.59 Å². The zero-order valence-electron chi connectivity index (χ0n) is 23.8. The average molecular weight is 642 g/mol. The highest BCUT2D eigenvalue weighted by atomic mass is 35.5. The average Bonchev–Trinajstić information content (AvgIpc) is 2.98. The predicted octanol–water partition coefficient (Wildman–Crippen LogP) is 4.66. The maximum absolute atomic E-state index is 13.6. The minimum absolute atomic E-state index is 0. The van der Waals surface area contributed by atoms with Crippen LogP contribution in [0, 0.1) is 11.3 Å². The molecule has 2 fully saturated rings. The van der Waals surface area contributed by atoms with E-state index in [9.17, 15) is 19.5 Å². The number of ether oxygens (including phenoxy) is 2.